The number of carbonyl (C=O) groups is 1. The number of sulfonamides is 1. The number of nitrogens with zero attached hydrogens (tertiary/aromatic N) is 2. The Morgan fingerprint density at radius 3 is 2.62 bits per heavy atom. The molecule has 0 aromatic carbocycles. The second-order valence-corrected chi connectivity index (χ2v) is 7.06. The second-order valence-electron chi connectivity index (χ2n) is 4.91. The zero-order chi connectivity index (χ0) is 15.3. The van der Waals surface area contributed by atoms with Gasteiger partial charge in [0.25, 0.3) is 0 Å². The third kappa shape index (κ3) is 4.66. The van der Waals surface area contributed by atoms with Crippen LogP contribution in [0.25, 0.3) is 0 Å². The number of rotatable bonds is 5. The highest BCUT2D eigenvalue weighted by atomic mass is 35.5. The van der Waals surface area contributed by atoms with Crippen molar-refractivity contribution >= 4 is 27.5 Å². The van der Waals surface area contributed by atoms with E-state index in [1.807, 2.05) is 0 Å². The van der Waals surface area contributed by atoms with Crippen molar-refractivity contribution in [2.75, 3.05) is 19.6 Å². The zero-order valence-corrected chi connectivity index (χ0v) is 13.2. The van der Waals surface area contributed by atoms with Crippen LogP contribution in [0.5, 0.6) is 0 Å². The predicted octanol–water partition coefficient (Wildman–Crippen LogP) is 1.42. The van der Waals surface area contributed by atoms with Crippen molar-refractivity contribution in [3.8, 4) is 0 Å². The Labute approximate surface area is 129 Å². The van der Waals surface area contributed by atoms with Crippen molar-refractivity contribution in [3.05, 3.63) is 23.5 Å². The average Bonchev–Trinajstić information content (AvgIpc) is 2.48. The van der Waals surface area contributed by atoms with Crippen LogP contribution >= 0.6 is 11.6 Å². The first-order valence-corrected chi connectivity index (χ1v) is 8.74. The third-order valence-corrected chi connectivity index (χ3v) is 5.02. The molecule has 1 amide bonds. The normalized spacial score (nSPS) is 16.0. The Kier molecular flexibility index (Phi) is 5.55. The van der Waals surface area contributed by atoms with Crippen LogP contribution < -0.4 is 4.72 Å². The molecule has 0 spiro atoms. The average molecular weight is 332 g/mol. The van der Waals surface area contributed by atoms with E-state index >= 15 is 0 Å². The van der Waals surface area contributed by atoms with Crippen molar-refractivity contribution < 1.29 is 13.2 Å². The van der Waals surface area contributed by atoms with Crippen LogP contribution in [0.1, 0.15) is 25.7 Å². The van der Waals surface area contributed by atoms with E-state index in [1.54, 1.807) is 4.90 Å². The number of amides is 1. The predicted molar refractivity (Wildman–Crippen MR) is 79.5 cm³/mol. The number of piperidine rings is 1. The van der Waals surface area contributed by atoms with E-state index < -0.39 is 10.0 Å². The van der Waals surface area contributed by atoms with Gasteiger partial charge in [0.15, 0.2) is 0 Å². The number of hydrogen-bond donors (Lipinski definition) is 1. The lowest BCUT2D eigenvalue weighted by Crippen LogP contribution is -2.37. The third-order valence-electron chi connectivity index (χ3n) is 3.35. The first-order chi connectivity index (χ1) is 9.99. The fraction of sp³-hybridized carbons (Fsp3) is 0.538. The van der Waals surface area contributed by atoms with Crippen molar-refractivity contribution in [3.63, 3.8) is 0 Å². The minimum Gasteiger partial charge on any atom is -0.343 e. The standard InChI is InChI=1S/C13H18ClN3O3S/c14-12-5-4-11(10-15-12)21(19,20)16-7-6-13(18)17-8-2-1-3-9-17/h4-5,10,16H,1-3,6-9H2. The molecule has 1 aliphatic rings. The molecule has 0 aliphatic carbocycles. The van der Waals surface area contributed by atoms with E-state index in [4.69, 9.17) is 11.6 Å². The van der Waals surface area contributed by atoms with E-state index in [1.165, 1.54) is 18.3 Å². The van der Waals surface area contributed by atoms with Gasteiger partial charge < -0.3 is 4.90 Å². The molecule has 0 bridgehead atoms. The molecule has 1 saturated heterocycles. The van der Waals surface area contributed by atoms with Gasteiger partial charge in [0.05, 0.1) is 0 Å². The molecule has 1 aliphatic heterocycles. The van der Waals surface area contributed by atoms with Crippen molar-refractivity contribution in [2.45, 2.75) is 30.6 Å². The highest BCUT2D eigenvalue weighted by Crippen LogP contribution is 2.12. The lowest BCUT2D eigenvalue weighted by Gasteiger charge is -2.26. The Morgan fingerprint density at radius 1 is 1.29 bits per heavy atom. The molecular formula is C13H18ClN3O3S. The summed E-state index contributed by atoms with van der Waals surface area (Å²) < 4.78 is 26.4. The minimum atomic E-state index is -3.65. The summed E-state index contributed by atoms with van der Waals surface area (Å²) in [6.45, 7) is 1.62. The smallest absolute Gasteiger partial charge is 0.242 e. The monoisotopic (exact) mass is 331 g/mol. The molecule has 0 saturated carbocycles. The Bertz CT molecular complexity index is 583. The molecule has 1 fully saturated rings. The summed E-state index contributed by atoms with van der Waals surface area (Å²) >= 11 is 5.62. The summed E-state index contributed by atoms with van der Waals surface area (Å²) in [5.41, 5.74) is 0. The first kappa shape index (κ1) is 16.2. The van der Waals surface area contributed by atoms with Crippen LogP contribution in [-0.2, 0) is 14.8 Å². The molecule has 2 heterocycles. The topological polar surface area (TPSA) is 79.4 Å². The van der Waals surface area contributed by atoms with Gasteiger partial charge in [0.2, 0.25) is 15.9 Å². The molecule has 1 aromatic heterocycles. The van der Waals surface area contributed by atoms with Crippen LogP contribution in [0.4, 0.5) is 0 Å². The van der Waals surface area contributed by atoms with E-state index in [0.29, 0.717) is 0 Å². The number of hydrogen-bond acceptors (Lipinski definition) is 4. The molecular weight excluding hydrogens is 314 g/mol. The van der Waals surface area contributed by atoms with Crippen molar-refractivity contribution in [2.24, 2.45) is 0 Å². The number of likely N-dealkylation sites (tertiary alicyclic amines) is 1. The molecule has 21 heavy (non-hydrogen) atoms. The molecule has 0 unspecified atom stereocenters. The van der Waals surface area contributed by atoms with Gasteiger partial charge in [0, 0.05) is 32.3 Å². The lowest BCUT2D eigenvalue weighted by atomic mass is 10.1. The summed E-state index contributed by atoms with van der Waals surface area (Å²) in [5, 5.41) is 0.231. The molecule has 2 rings (SSSR count). The van der Waals surface area contributed by atoms with Gasteiger partial charge >= 0.3 is 0 Å². The molecule has 1 N–H and O–H groups in total. The molecule has 8 heteroatoms. The number of nitrogens with one attached hydrogen (secondary N) is 1. The molecule has 0 atom stereocenters. The summed E-state index contributed by atoms with van der Waals surface area (Å²) in [7, 11) is -3.65. The van der Waals surface area contributed by atoms with Gasteiger partial charge in [-0.25, -0.2) is 18.1 Å². The van der Waals surface area contributed by atoms with Crippen LogP contribution in [0.2, 0.25) is 5.15 Å². The van der Waals surface area contributed by atoms with Gasteiger partial charge in [-0.15, -0.1) is 0 Å². The van der Waals surface area contributed by atoms with Gasteiger partial charge in [-0.2, -0.15) is 0 Å². The second kappa shape index (κ2) is 7.20. The maximum Gasteiger partial charge on any atom is 0.242 e. The highest BCUT2D eigenvalue weighted by molar-refractivity contribution is 7.89. The fourth-order valence-corrected chi connectivity index (χ4v) is 3.29. The largest absolute Gasteiger partial charge is 0.343 e. The maximum absolute atomic E-state index is 12.0. The summed E-state index contributed by atoms with van der Waals surface area (Å²) in [4.78, 5) is 17.5. The summed E-state index contributed by atoms with van der Waals surface area (Å²) in [6, 6.07) is 2.79. The van der Waals surface area contributed by atoms with Crippen LogP contribution in [0.15, 0.2) is 23.2 Å². The SMILES string of the molecule is O=C(CCNS(=O)(=O)c1ccc(Cl)nc1)N1CCCCC1. The fourth-order valence-electron chi connectivity index (χ4n) is 2.20. The maximum atomic E-state index is 12.0. The van der Waals surface area contributed by atoms with Gasteiger partial charge in [-0.05, 0) is 31.4 Å². The van der Waals surface area contributed by atoms with E-state index in [-0.39, 0.29) is 28.9 Å². The first-order valence-electron chi connectivity index (χ1n) is 6.88. The number of aromatic nitrogens is 1. The lowest BCUT2D eigenvalue weighted by molar-refractivity contribution is -0.131. The summed E-state index contributed by atoms with van der Waals surface area (Å²) in [5.74, 6) is -0.00775. The van der Waals surface area contributed by atoms with E-state index in [2.05, 4.69) is 9.71 Å². The van der Waals surface area contributed by atoms with E-state index in [0.717, 1.165) is 32.4 Å². The van der Waals surface area contributed by atoms with Crippen LogP contribution in [0.3, 0.4) is 0 Å². The van der Waals surface area contributed by atoms with Gasteiger partial charge in [-0.1, -0.05) is 11.6 Å². The Balaban J connectivity index is 1.84. The van der Waals surface area contributed by atoms with Crippen molar-refractivity contribution in [1.29, 1.82) is 0 Å². The Morgan fingerprint density at radius 2 is 2.00 bits per heavy atom. The number of pyridine rings is 1. The molecule has 116 valence electrons. The van der Waals surface area contributed by atoms with Gasteiger partial charge in [-0.3, -0.25) is 4.79 Å². The van der Waals surface area contributed by atoms with Gasteiger partial charge in [0.1, 0.15) is 10.0 Å². The van der Waals surface area contributed by atoms with E-state index in [9.17, 15) is 13.2 Å². The quantitative estimate of drug-likeness (QED) is 0.827. The van der Waals surface area contributed by atoms with Crippen LogP contribution in [-0.4, -0.2) is 43.8 Å². The molecule has 0 radical (unpaired) electrons. The van der Waals surface area contributed by atoms with Crippen LogP contribution in [0, 0.1) is 0 Å². The van der Waals surface area contributed by atoms with Crippen molar-refractivity contribution in [1.82, 2.24) is 14.6 Å². The Hall–Kier alpha value is -1.18. The zero-order valence-electron chi connectivity index (χ0n) is 11.6. The summed E-state index contributed by atoms with van der Waals surface area (Å²) in [6.07, 6.45) is 4.55. The minimum absolute atomic E-state index is 0.00775. The number of carbonyl (C=O) groups excluding carboxylic acids is 1. The number of halogens is 1. The molecule has 6 nitrogen and oxygen atoms in total. The molecule has 1 aromatic rings. The highest BCUT2D eigenvalue weighted by Gasteiger charge is 2.18.